The van der Waals surface area contributed by atoms with Crippen molar-refractivity contribution in [2.75, 3.05) is 26.7 Å². The van der Waals surface area contributed by atoms with E-state index in [9.17, 15) is 4.79 Å². The first-order valence-electron chi connectivity index (χ1n) is 7.51. The Morgan fingerprint density at radius 2 is 2.36 bits per heavy atom. The van der Waals surface area contributed by atoms with Crippen molar-refractivity contribution in [3.05, 3.63) is 11.7 Å². The van der Waals surface area contributed by atoms with Crippen molar-refractivity contribution in [2.24, 2.45) is 5.92 Å². The molecule has 0 aliphatic carbocycles. The molecule has 8 heteroatoms. The fourth-order valence-corrected chi connectivity index (χ4v) is 2.48. The minimum Gasteiger partial charge on any atom is -0.371 e. The van der Waals surface area contributed by atoms with Gasteiger partial charge in [-0.2, -0.15) is 4.98 Å². The summed E-state index contributed by atoms with van der Waals surface area (Å²) in [6, 6.07) is 0. The van der Waals surface area contributed by atoms with E-state index in [2.05, 4.69) is 15.5 Å². The van der Waals surface area contributed by atoms with Gasteiger partial charge in [-0.15, -0.1) is 12.4 Å². The highest BCUT2D eigenvalue weighted by molar-refractivity contribution is 5.85. The molecule has 22 heavy (non-hydrogen) atoms. The smallest absolute Gasteiger partial charge is 0.246 e. The predicted molar refractivity (Wildman–Crippen MR) is 83.7 cm³/mol. The zero-order valence-electron chi connectivity index (χ0n) is 13.4. The number of halogens is 1. The Morgan fingerprint density at radius 1 is 1.59 bits per heavy atom. The second kappa shape index (κ2) is 9.07. The largest absolute Gasteiger partial charge is 0.371 e. The van der Waals surface area contributed by atoms with Gasteiger partial charge in [0.25, 0.3) is 0 Å². The number of nitrogens with zero attached hydrogens (tertiary/aromatic N) is 3. The molecule has 1 aliphatic heterocycles. The lowest BCUT2D eigenvalue weighted by atomic mass is 9.98. The summed E-state index contributed by atoms with van der Waals surface area (Å²) in [6.07, 6.45) is 1.78. The van der Waals surface area contributed by atoms with Gasteiger partial charge in [0.2, 0.25) is 11.8 Å². The molecule has 2 atom stereocenters. The summed E-state index contributed by atoms with van der Waals surface area (Å²) in [6.45, 7) is 6.47. The lowest BCUT2D eigenvalue weighted by Crippen LogP contribution is -2.41. The minimum atomic E-state index is -0.198. The van der Waals surface area contributed by atoms with Crippen LogP contribution in [-0.2, 0) is 16.1 Å². The Balaban J connectivity index is 0.00000242. The SMILES string of the molecule is CCOC(C)c1noc(CN(C)C(=O)C2CCCNC2)n1.Cl. The van der Waals surface area contributed by atoms with E-state index in [0.29, 0.717) is 24.9 Å². The highest BCUT2D eigenvalue weighted by atomic mass is 35.5. The van der Waals surface area contributed by atoms with Gasteiger partial charge in [0.15, 0.2) is 5.82 Å². The van der Waals surface area contributed by atoms with Crippen molar-refractivity contribution in [3.63, 3.8) is 0 Å². The highest BCUT2D eigenvalue weighted by Gasteiger charge is 2.25. The summed E-state index contributed by atoms with van der Waals surface area (Å²) in [5, 5.41) is 7.15. The number of aromatic nitrogens is 2. The maximum absolute atomic E-state index is 12.3. The van der Waals surface area contributed by atoms with Crippen LogP contribution in [0.4, 0.5) is 0 Å². The van der Waals surface area contributed by atoms with E-state index in [0.717, 1.165) is 25.9 Å². The van der Waals surface area contributed by atoms with Crippen molar-refractivity contribution < 1.29 is 14.1 Å². The molecule has 1 aromatic heterocycles. The molecule has 2 heterocycles. The van der Waals surface area contributed by atoms with E-state index in [4.69, 9.17) is 9.26 Å². The molecule has 1 aromatic rings. The van der Waals surface area contributed by atoms with Crippen LogP contribution in [0.1, 0.15) is 44.5 Å². The molecule has 0 aromatic carbocycles. The zero-order chi connectivity index (χ0) is 15.2. The van der Waals surface area contributed by atoms with Crippen molar-refractivity contribution in [3.8, 4) is 0 Å². The molecule has 1 fully saturated rings. The summed E-state index contributed by atoms with van der Waals surface area (Å²) in [5.74, 6) is 1.14. The summed E-state index contributed by atoms with van der Waals surface area (Å²) in [7, 11) is 1.77. The Kier molecular flexibility index (Phi) is 7.78. The van der Waals surface area contributed by atoms with Gasteiger partial charge >= 0.3 is 0 Å². The molecule has 0 radical (unpaired) electrons. The third-order valence-electron chi connectivity index (χ3n) is 3.66. The molecule has 1 aliphatic rings. The average Bonchev–Trinajstić information content (AvgIpc) is 2.96. The van der Waals surface area contributed by atoms with E-state index in [1.54, 1.807) is 11.9 Å². The quantitative estimate of drug-likeness (QED) is 0.851. The fraction of sp³-hybridized carbons (Fsp3) is 0.786. The van der Waals surface area contributed by atoms with Crippen LogP contribution in [0.25, 0.3) is 0 Å². The first-order valence-corrected chi connectivity index (χ1v) is 7.51. The Bertz CT molecular complexity index is 463. The number of nitrogens with one attached hydrogen (secondary N) is 1. The van der Waals surface area contributed by atoms with Gasteiger partial charge in [0.1, 0.15) is 6.10 Å². The molecule has 2 unspecified atom stereocenters. The van der Waals surface area contributed by atoms with Crippen LogP contribution in [0, 0.1) is 5.92 Å². The van der Waals surface area contributed by atoms with Crippen molar-refractivity contribution in [1.82, 2.24) is 20.4 Å². The van der Waals surface area contributed by atoms with Gasteiger partial charge in [0.05, 0.1) is 12.5 Å². The van der Waals surface area contributed by atoms with Gasteiger partial charge in [-0.3, -0.25) is 4.79 Å². The number of piperidine rings is 1. The van der Waals surface area contributed by atoms with Crippen molar-refractivity contribution in [2.45, 2.75) is 39.3 Å². The third kappa shape index (κ3) is 4.93. The van der Waals surface area contributed by atoms with Crippen LogP contribution in [0.2, 0.25) is 0 Å². The van der Waals surface area contributed by atoms with Gasteiger partial charge < -0.3 is 19.5 Å². The van der Waals surface area contributed by atoms with E-state index >= 15 is 0 Å². The topological polar surface area (TPSA) is 80.5 Å². The molecule has 1 N–H and O–H groups in total. The second-order valence-electron chi connectivity index (χ2n) is 5.38. The van der Waals surface area contributed by atoms with Crippen LogP contribution in [0.5, 0.6) is 0 Å². The molecule has 1 saturated heterocycles. The van der Waals surface area contributed by atoms with E-state index in [1.807, 2.05) is 13.8 Å². The Hall–Kier alpha value is -1.18. The first kappa shape index (κ1) is 18.9. The number of hydrogen-bond acceptors (Lipinski definition) is 6. The molecule has 0 spiro atoms. The Morgan fingerprint density at radius 3 is 3.00 bits per heavy atom. The lowest BCUT2D eigenvalue weighted by Gasteiger charge is -2.26. The summed E-state index contributed by atoms with van der Waals surface area (Å²) in [4.78, 5) is 18.3. The number of ether oxygens (including phenoxy) is 1. The molecular weight excluding hydrogens is 308 g/mol. The number of amides is 1. The Labute approximate surface area is 137 Å². The maximum Gasteiger partial charge on any atom is 0.246 e. The van der Waals surface area contributed by atoms with Crippen LogP contribution in [0.3, 0.4) is 0 Å². The van der Waals surface area contributed by atoms with Crippen molar-refractivity contribution >= 4 is 18.3 Å². The van der Waals surface area contributed by atoms with E-state index < -0.39 is 0 Å². The molecule has 7 nitrogen and oxygen atoms in total. The molecule has 126 valence electrons. The van der Waals surface area contributed by atoms with Crippen LogP contribution < -0.4 is 5.32 Å². The number of carbonyl (C=O) groups excluding carboxylic acids is 1. The number of rotatable bonds is 6. The average molecular weight is 333 g/mol. The highest BCUT2D eigenvalue weighted by Crippen LogP contribution is 2.16. The molecule has 0 saturated carbocycles. The molecule has 0 bridgehead atoms. The predicted octanol–water partition coefficient (Wildman–Crippen LogP) is 1.55. The van der Waals surface area contributed by atoms with Crippen LogP contribution >= 0.6 is 12.4 Å². The monoisotopic (exact) mass is 332 g/mol. The first-order chi connectivity index (χ1) is 10.1. The number of carbonyl (C=O) groups is 1. The minimum absolute atomic E-state index is 0. The normalized spacial score (nSPS) is 19.3. The maximum atomic E-state index is 12.3. The lowest BCUT2D eigenvalue weighted by molar-refractivity contribution is -0.135. The fourth-order valence-electron chi connectivity index (χ4n) is 2.48. The standard InChI is InChI=1S/C14H24N4O3.ClH/c1-4-20-10(2)13-16-12(21-17-13)9-18(3)14(19)11-6-5-7-15-8-11;/h10-11,15H,4-9H2,1-3H3;1H. The van der Waals surface area contributed by atoms with Crippen LogP contribution in [0.15, 0.2) is 4.52 Å². The molecular formula is C14H25ClN4O3. The number of hydrogen-bond donors (Lipinski definition) is 1. The molecule has 2 rings (SSSR count). The zero-order valence-corrected chi connectivity index (χ0v) is 14.2. The van der Waals surface area contributed by atoms with E-state index in [-0.39, 0.29) is 30.3 Å². The van der Waals surface area contributed by atoms with E-state index in [1.165, 1.54) is 0 Å². The van der Waals surface area contributed by atoms with Crippen molar-refractivity contribution in [1.29, 1.82) is 0 Å². The summed E-state index contributed by atoms with van der Waals surface area (Å²) in [5.41, 5.74) is 0. The van der Waals surface area contributed by atoms with Gasteiger partial charge in [0, 0.05) is 20.2 Å². The van der Waals surface area contributed by atoms with Gasteiger partial charge in [-0.05, 0) is 33.2 Å². The summed E-state index contributed by atoms with van der Waals surface area (Å²) < 4.78 is 10.6. The third-order valence-corrected chi connectivity index (χ3v) is 3.66. The van der Waals surface area contributed by atoms with Crippen LogP contribution in [-0.4, -0.2) is 47.7 Å². The molecule has 1 amide bonds. The van der Waals surface area contributed by atoms with Gasteiger partial charge in [-0.25, -0.2) is 0 Å². The van der Waals surface area contributed by atoms with Gasteiger partial charge in [-0.1, -0.05) is 5.16 Å². The second-order valence-corrected chi connectivity index (χ2v) is 5.38. The summed E-state index contributed by atoms with van der Waals surface area (Å²) >= 11 is 0.